The molecule has 1 saturated heterocycles. The molecule has 0 spiro atoms. The highest BCUT2D eigenvalue weighted by Gasteiger charge is 2.27. The molecule has 0 atom stereocenters. The van der Waals surface area contributed by atoms with Gasteiger partial charge in [0, 0.05) is 11.7 Å². The third kappa shape index (κ3) is 1.72. The molecule has 90 valence electrons. The number of hydrogen-bond acceptors (Lipinski definition) is 3. The van der Waals surface area contributed by atoms with Gasteiger partial charge in [0.05, 0.1) is 0 Å². The van der Waals surface area contributed by atoms with Gasteiger partial charge in [-0.3, -0.25) is 9.69 Å². The molecule has 0 unspecified atom stereocenters. The number of nitrogens with one attached hydrogen (secondary N) is 1. The molecule has 1 amide bonds. The van der Waals surface area contributed by atoms with Gasteiger partial charge in [0.2, 0.25) is 0 Å². The Morgan fingerprint density at radius 2 is 2.17 bits per heavy atom. The zero-order chi connectivity index (χ0) is 12.7. The summed E-state index contributed by atoms with van der Waals surface area (Å²) < 4.78 is 1.21. The number of fused-ring (bicyclic) bond motifs is 1. The first-order valence-corrected chi connectivity index (χ1v) is 6.72. The average molecular weight is 274 g/mol. The number of hydrogen-bond donors (Lipinski definition) is 1. The van der Waals surface area contributed by atoms with Crippen molar-refractivity contribution in [2.45, 2.75) is 0 Å². The lowest BCUT2D eigenvalue weighted by Crippen LogP contribution is -2.25. The van der Waals surface area contributed by atoms with Crippen molar-refractivity contribution in [2.75, 3.05) is 7.05 Å². The van der Waals surface area contributed by atoms with Crippen molar-refractivity contribution >= 4 is 50.7 Å². The van der Waals surface area contributed by atoms with E-state index < -0.39 is 0 Å². The zero-order valence-corrected chi connectivity index (χ0v) is 11.3. The van der Waals surface area contributed by atoms with Gasteiger partial charge in [0.1, 0.15) is 5.70 Å². The minimum absolute atomic E-state index is 0.0877. The number of thiocarbonyl (C=S) groups is 1. The van der Waals surface area contributed by atoms with Crippen LogP contribution in [0.15, 0.2) is 35.3 Å². The number of thiophene rings is 1. The molecule has 0 aliphatic carbocycles. The van der Waals surface area contributed by atoms with Gasteiger partial charge in [0.25, 0.3) is 5.91 Å². The molecule has 1 fully saturated rings. The quantitative estimate of drug-likeness (QED) is 0.641. The number of benzene rings is 1. The Morgan fingerprint density at radius 1 is 1.39 bits per heavy atom. The maximum Gasteiger partial charge on any atom is 0.276 e. The number of rotatable bonds is 1. The van der Waals surface area contributed by atoms with Gasteiger partial charge in [0.15, 0.2) is 5.11 Å². The Kier molecular flexibility index (Phi) is 2.65. The van der Waals surface area contributed by atoms with E-state index >= 15 is 0 Å². The molecule has 1 aromatic heterocycles. The fraction of sp³-hybridized carbons (Fsp3) is 0.0769. The molecule has 2 heterocycles. The smallest absolute Gasteiger partial charge is 0.276 e. The minimum Gasteiger partial charge on any atom is -0.328 e. The second-order valence-corrected chi connectivity index (χ2v) is 5.34. The van der Waals surface area contributed by atoms with Gasteiger partial charge in [-0.1, -0.05) is 18.2 Å². The predicted molar refractivity (Wildman–Crippen MR) is 78.3 cm³/mol. The third-order valence-corrected chi connectivity index (χ3v) is 4.25. The molecule has 1 aromatic carbocycles. The highest BCUT2D eigenvalue weighted by molar-refractivity contribution is 7.80. The fourth-order valence-corrected chi connectivity index (χ4v) is 3.00. The topological polar surface area (TPSA) is 32.3 Å². The number of carbonyl (C=O) groups excluding carboxylic acids is 1. The monoisotopic (exact) mass is 274 g/mol. The molecule has 0 saturated carbocycles. The summed E-state index contributed by atoms with van der Waals surface area (Å²) in [7, 11) is 1.67. The molecular formula is C13H10N2OS2. The SMILES string of the molecule is CN1C(=O)/C(=C/c2csc3ccccc23)NC1=S. The molecule has 1 aliphatic heterocycles. The molecule has 2 aromatic rings. The number of nitrogens with zero attached hydrogens (tertiary/aromatic N) is 1. The van der Waals surface area contributed by atoms with E-state index in [2.05, 4.69) is 17.4 Å². The van der Waals surface area contributed by atoms with Crippen molar-refractivity contribution in [1.29, 1.82) is 0 Å². The van der Waals surface area contributed by atoms with Gasteiger partial charge in [-0.2, -0.15) is 0 Å². The van der Waals surface area contributed by atoms with E-state index in [1.54, 1.807) is 18.4 Å². The van der Waals surface area contributed by atoms with Crippen LogP contribution in [0.3, 0.4) is 0 Å². The van der Waals surface area contributed by atoms with Gasteiger partial charge in [-0.25, -0.2) is 0 Å². The van der Waals surface area contributed by atoms with Crippen LogP contribution in [-0.2, 0) is 4.79 Å². The van der Waals surface area contributed by atoms with Gasteiger partial charge >= 0.3 is 0 Å². The second-order valence-electron chi connectivity index (χ2n) is 4.04. The van der Waals surface area contributed by atoms with Crippen LogP contribution >= 0.6 is 23.6 Å². The summed E-state index contributed by atoms with van der Waals surface area (Å²) in [5, 5.41) is 6.59. The summed E-state index contributed by atoms with van der Waals surface area (Å²) in [6.45, 7) is 0. The average Bonchev–Trinajstić information content (AvgIpc) is 2.89. The highest BCUT2D eigenvalue weighted by atomic mass is 32.1. The fourth-order valence-electron chi connectivity index (χ4n) is 1.89. The van der Waals surface area contributed by atoms with E-state index in [1.807, 2.05) is 23.6 Å². The van der Waals surface area contributed by atoms with Crippen molar-refractivity contribution in [2.24, 2.45) is 0 Å². The van der Waals surface area contributed by atoms with Crippen LogP contribution in [0.1, 0.15) is 5.56 Å². The summed E-state index contributed by atoms with van der Waals surface area (Å²) in [5.41, 5.74) is 1.58. The Hall–Kier alpha value is -1.72. The van der Waals surface area contributed by atoms with Crippen LogP contribution in [0.25, 0.3) is 16.2 Å². The minimum atomic E-state index is -0.0877. The maximum absolute atomic E-state index is 11.9. The molecule has 3 nitrogen and oxygen atoms in total. The van der Waals surface area contributed by atoms with Gasteiger partial charge in [-0.15, -0.1) is 11.3 Å². The first-order valence-electron chi connectivity index (χ1n) is 5.44. The van der Waals surface area contributed by atoms with Gasteiger partial charge in [-0.05, 0) is 40.7 Å². The first kappa shape index (κ1) is 11.4. The van der Waals surface area contributed by atoms with E-state index in [9.17, 15) is 4.79 Å². The van der Waals surface area contributed by atoms with Crippen molar-refractivity contribution < 1.29 is 4.79 Å². The van der Waals surface area contributed by atoms with Crippen LogP contribution in [-0.4, -0.2) is 23.0 Å². The van der Waals surface area contributed by atoms with Crippen LogP contribution in [0.5, 0.6) is 0 Å². The lowest BCUT2D eigenvalue weighted by Gasteiger charge is -2.02. The van der Waals surface area contributed by atoms with Crippen molar-refractivity contribution in [3.05, 3.63) is 40.9 Å². The first-order chi connectivity index (χ1) is 8.66. The summed E-state index contributed by atoms with van der Waals surface area (Å²) in [6.07, 6.45) is 1.86. The molecule has 3 rings (SSSR count). The van der Waals surface area contributed by atoms with Crippen molar-refractivity contribution in [3.63, 3.8) is 0 Å². The largest absolute Gasteiger partial charge is 0.328 e. The Morgan fingerprint density at radius 3 is 2.89 bits per heavy atom. The van der Waals surface area contributed by atoms with E-state index in [-0.39, 0.29) is 5.91 Å². The van der Waals surface area contributed by atoms with Crippen molar-refractivity contribution in [3.8, 4) is 0 Å². The molecule has 18 heavy (non-hydrogen) atoms. The molecule has 1 N–H and O–H groups in total. The molecule has 0 bridgehead atoms. The summed E-state index contributed by atoms with van der Waals surface area (Å²) >= 11 is 6.71. The van der Waals surface area contributed by atoms with E-state index in [0.717, 1.165) is 10.9 Å². The number of amides is 1. The summed E-state index contributed by atoms with van der Waals surface area (Å²) in [4.78, 5) is 13.3. The van der Waals surface area contributed by atoms with Crippen molar-refractivity contribution in [1.82, 2.24) is 10.2 Å². The van der Waals surface area contributed by atoms with Crippen LogP contribution in [0.4, 0.5) is 0 Å². The van der Waals surface area contributed by atoms with E-state index in [1.165, 1.54) is 9.60 Å². The second kappa shape index (κ2) is 4.19. The zero-order valence-electron chi connectivity index (χ0n) is 9.64. The lowest BCUT2D eigenvalue weighted by molar-refractivity contribution is -0.121. The van der Waals surface area contributed by atoms with Crippen LogP contribution in [0.2, 0.25) is 0 Å². The Balaban J connectivity index is 2.07. The lowest BCUT2D eigenvalue weighted by atomic mass is 10.1. The standard InChI is InChI=1S/C13H10N2OS2/c1-15-12(16)10(14-13(15)17)6-8-7-18-11-5-3-2-4-9(8)11/h2-7H,1H3,(H,14,17)/b10-6-. The van der Waals surface area contributed by atoms with E-state index in [0.29, 0.717) is 10.8 Å². The Labute approximate surface area is 114 Å². The normalized spacial score (nSPS) is 17.8. The van der Waals surface area contributed by atoms with Gasteiger partial charge < -0.3 is 5.32 Å². The summed E-state index contributed by atoms with van der Waals surface area (Å²) in [5.74, 6) is -0.0877. The predicted octanol–water partition coefficient (Wildman–Crippen LogP) is 2.59. The molecular weight excluding hydrogens is 264 g/mol. The van der Waals surface area contributed by atoms with Crippen LogP contribution in [0, 0.1) is 0 Å². The Bertz CT molecular complexity index is 687. The number of carbonyl (C=O) groups is 1. The molecule has 1 aliphatic rings. The van der Waals surface area contributed by atoms with E-state index in [4.69, 9.17) is 12.2 Å². The number of likely N-dealkylation sites (N-methyl/N-ethyl adjacent to an activating group) is 1. The third-order valence-electron chi connectivity index (χ3n) is 2.89. The van der Waals surface area contributed by atoms with Crippen LogP contribution < -0.4 is 5.32 Å². The highest BCUT2D eigenvalue weighted by Crippen LogP contribution is 2.27. The molecule has 0 radical (unpaired) electrons. The molecule has 5 heteroatoms. The maximum atomic E-state index is 11.9. The summed E-state index contributed by atoms with van der Waals surface area (Å²) in [6, 6.07) is 8.14.